The van der Waals surface area contributed by atoms with Crippen LogP contribution in [0.2, 0.25) is 0 Å². The van der Waals surface area contributed by atoms with Crippen LogP contribution in [0.15, 0.2) is 39.5 Å². The van der Waals surface area contributed by atoms with Crippen LogP contribution in [-0.2, 0) is 4.74 Å². The lowest BCUT2D eigenvalue weighted by Crippen LogP contribution is -2.61. The first-order valence-corrected chi connectivity index (χ1v) is 11.5. The topological polar surface area (TPSA) is 139 Å². The first-order chi connectivity index (χ1) is 17.0. The number of rotatable bonds is 3. The molecule has 9 heteroatoms. The lowest BCUT2D eigenvalue weighted by molar-refractivity contribution is -0.261. The zero-order valence-corrected chi connectivity index (χ0v) is 20.5. The predicted octanol–water partition coefficient (Wildman–Crippen LogP) is 3.06. The maximum atomic E-state index is 13.2. The second-order valence-electron chi connectivity index (χ2n) is 9.54. The van der Waals surface area contributed by atoms with Crippen LogP contribution < -0.4 is 15.1 Å². The molecule has 0 radical (unpaired) electrons. The Morgan fingerprint density at radius 3 is 2.28 bits per heavy atom. The van der Waals surface area contributed by atoms with Crippen molar-refractivity contribution in [1.29, 1.82) is 0 Å². The number of aliphatic hydroxyl groups is 3. The highest BCUT2D eigenvalue weighted by molar-refractivity contribution is 6.19. The molecule has 1 fully saturated rings. The van der Waals surface area contributed by atoms with Crippen molar-refractivity contribution in [2.45, 2.75) is 50.8 Å². The maximum Gasteiger partial charge on any atom is 0.344 e. The zero-order valence-electron chi connectivity index (χ0n) is 20.5. The molecule has 0 aliphatic carbocycles. The van der Waals surface area contributed by atoms with Crippen LogP contribution in [0.1, 0.15) is 31.1 Å². The lowest BCUT2D eigenvalue weighted by atomic mass is 9.80. The summed E-state index contributed by atoms with van der Waals surface area (Å²) < 4.78 is 23.0. The molecule has 3 aromatic carbocycles. The Labute approximate surface area is 206 Å². The molecule has 1 aromatic heterocycles. The van der Waals surface area contributed by atoms with E-state index in [9.17, 15) is 25.2 Å². The smallest absolute Gasteiger partial charge is 0.344 e. The van der Waals surface area contributed by atoms with Gasteiger partial charge in [0, 0.05) is 16.2 Å². The summed E-state index contributed by atoms with van der Waals surface area (Å²) in [6.45, 7) is 4.75. The molecule has 0 amide bonds. The summed E-state index contributed by atoms with van der Waals surface area (Å²) in [4.78, 5) is 13.2. The van der Waals surface area contributed by atoms with Gasteiger partial charge in [-0.1, -0.05) is 6.07 Å². The molecule has 1 aliphatic rings. The molecule has 5 atom stereocenters. The monoisotopic (exact) mass is 496 g/mol. The van der Waals surface area contributed by atoms with E-state index in [4.69, 9.17) is 18.6 Å². The molecule has 9 nitrogen and oxygen atoms in total. The average molecular weight is 497 g/mol. The highest BCUT2D eigenvalue weighted by atomic mass is 16.5. The van der Waals surface area contributed by atoms with Crippen molar-refractivity contribution < 1.29 is 39.1 Å². The van der Waals surface area contributed by atoms with Gasteiger partial charge in [0.2, 0.25) is 0 Å². The van der Waals surface area contributed by atoms with Gasteiger partial charge in [-0.15, -0.1) is 0 Å². The molecule has 1 saturated heterocycles. The number of hydrogen-bond donors (Lipinski definition) is 4. The summed E-state index contributed by atoms with van der Waals surface area (Å²) in [6, 6.07) is 8.11. The summed E-state index contributed by atoms with van der Waals surface area (Å²) in [5.41, 5.74) is -1.22. The first kappa shape index (κ1) is 24.3. The largest absolute Gasteiger partial charge is 0.507 e. The van der Waals surface area contributed by atoms with Crippen LogP contribution in [0.5, 0.6) is 17.2 Å². The Hall–Kier alpha value is -3.37. The number of ether oxygens (including phenoxy) is 3. The Balaban J connectivity index is 1.97. The van der Waals surface area contributed by atoms with Gasteiger partial charge in [-0.2, -0.15) is 0 Å². The molecule has 190 valence electrons. The molecular weight excluding hydrogens is 468 g/mol. The number of benzene rings is 3. The van der Waals surface area contributed by atoms with Gasteiger partial charge in [-0.25, -0.2) is 4.79 Å². The molecular formula is C27H28O9. The molecule has 36 heavy (non-hydrogen) atoms. The van der Waals surface area contributed by atoms with Crippen molar-refractivity contribution in [3.05, 3.63) is 51.9 Å². The Bertz CT molecular complexity index is 1570. The summed E-state index contributed by atoms with van der Waals surface area (Å²) in [7, 11) is 2.95. The number of aromatic hydroxyl groups is 1. The van der Waals surface area contributed by atoms with Gasteiger partial charge in [0.15, 0.2) is 0 Å². The van der Waals surface area contributed by atoms with E-state index in [0.717, 1.165) is 5.56 Å². The van der Waals surface area contributed by atoms with Crippen molar-refractivity contribution in [2.24, 2.45) is 0 Å². The van der Waals surface area contributed by atoms with E-state index < -0.39 is 35.6 Å². The van der Waals surface area contributed by atoms with Crippen LogP contribution in [0.3, 0.4) is 0 Å². The fourth-order valence-electron chi connectivity index (χ4n) is 5.28. The Morgan fingerprint density at radius 1 is 0.944 bits per heavy atom. The van der Waals surface area contributed by atoms with Gasteiger partial charge in [0.25, 0.3) is 0 Å². The second-order valence-corrected chi connectivity index (χ2v) is 9.54. The number of aryl methyl sites for hydroxylation is 1. The lowest BCUT2D eigenvalue weighted by Gasteiger charge is -2.46. The molecule has 0 spiro atoms. The van der Waals surface area contributed by atoms with Crippen LogP contribution in [0.25, 0.3) is 32.5 Å². The van der Waals surface area contributed by atoms with E-state index >= 15 is 0 Å². The average Bonchev–Trinajstić information content (AvgIpc) is 2.85. The van der Waals surface area contributed by atoms with Gasteiger partial charge in [-0.05, 0) is 56.2 Å². The highest BCUT2D eigenvalue weighted by Crippen LogP contribution is 2.48. The minimum absolute atomic E-state index is 0.130. The van der Waals surface area contributed by atoms with Crippen molar-refractivity contribution in [2.75, 3.05) is 14.2 Å². The Morgan fingerprint density at radius 2 is 1.61 bits per heavy atom. The molecule has 0 saturated carbocycles. The normalized spacial score (nSPS) is 26.6. The SMILES string of the molecule is COc1cc2c(oc(=O)c3cc(C)cc(OC)c32)c2c([C@H]3O[C@@H](C)[C@@H](O)[C@](C)(O)[C@@H]3O)ccc(O)c12. The highest BCUT2D eigenvalue weighted by Gasteiger charge is 2.51. The van der Waals surface area contributed by atoms with Crippen molar-refractivity contribution in [3.8, 4) is 17.2 Å². The number of hydrogen-bond acceptors (Lipinski definition) is 9. The van der Waals surface area contributed by atoms with E-state index in [1.54, 1.807) is 25.1 Å². The fraction of sp³-hybridized carbons (Fsp3) is 0.370. The van der Waals surface area contributed by atoms with Crippen LogP contribution in [-0.4, -0.2) is 58.6 Å². The van der Waals surface area contributed by atoms with E-state index in [1.807, 2.05) is 6.92 Å². The number of aliphatic hydroxyl groups excluding tert-OH is 2. The van der Waals surface area contributed by atoms with Crippen molar-refractivity contribution >= 4 is 32.5 Å². The van der Waals surface area contributed by atoms with E-state index in [-0.39, 0.29) is 22.1 Å². The number of methoxy groups -OCH3 is 2. The third-order valence-corrected chi connectivity index (χ3v) is 7.18. The zero-order chi connectivity index (χ0) is 26.1. The third kappa shape index (κ3) is 3.35. The molecule has 4 N–H and O–H groups in total. The van der Waals surface area contributed by atoms with Gasteiger partial charge >= 0.3 is 5.63 Å². The van der Waals surface area contributed by atoms with E-state index in [1.165, 1.54) is 33.3 Å². The summed E-state index contributed by atoms with van der Waals surface area (Å²) >= 11 is 0. The number of fused-ring (bicyclic) bond motifs is 5. The third-order valence-electron chi connectivity index (χ3n) is 7.18. The van der Waals surface area contributed by atoms with Crippen molar-refractivity contribution in [1.82, 2.24) is 0 Å². The number of phenolic OH excluding ortho intramolecular Hbond substituents is 1. The van der Waals surface area contributed by atoms with Crippen LogP contribution in [0, 0.1) is 6.92 Å². The van der Waals surface area contributed by atoms with Crippen molar-refractivity contribution in [3.63, 3.8) is 0 Å². The first-order valence-electron chi connectivity index (χ1n) is 11.5. The van der Waals surface area contributed by atoms with Gasteiger partial charge in [-0.3, -0.25) is 0 Å². The van der Waals surface area contributed by atoms with Gasteiger partial charge < -0.3 is 39.1 Å². The predicted molar refractivity (Wildman–Crippen MR) is 133 cm³/mol. The minimum atomic E-state index is -1.89. The standard InChI is InChI=1S/C27H28O9/c1-11-8-15-19(17(9-11)33-4)14-10-18(34-5)21-16(28)7-6-13(20(21)22(14)36-26(15)31)23-25(30)27(3,32)24(29)12(2)35-23/h6-10,12,23-25,28-30,32H,1-5H3/t12-,23+,24+,25+,27-/m0/s1. The molecule has 5 rings (SSSR count). The minimum Gasteiger partial charge on any atom is -0.507 e. The molecule has 0 bridgehead atoms. The van der Waals surface area contributed by atoms with Gasteiger partial charge in [0.05, 0.1) is 31.1 Å². The summed E-state index contributed by atoms with van der Waals surface area (Å²) in [6.07, 6.45) is -4.84. The molecule has 2 heterocycles. The molecule has 1 aliphatic heterocycles. The van der Waals surface area contributed by atoms with Gasteiger partial charge in [0.1, 0.15) is 46.7 Å². The summed E-state index contributed by atoms with van der Waals surface area (Å²) in [5.74, 6) is 0.607. The number of phenols is 1. The molecule has 0 unspecified atom stereocenters. The quantitative estimate of drug-likeness (QED) is 0.249. The molecule has 4 aromatic rings. The fourth-order valence-corrected chi connectivity index (χ4v) is 5.28. The Kier molecular flexibility index (Phi) is 5.64. The maximum absolute atomic E-state index is 13.2. The van der Waals surface area contributed by atoms with E-state index in [2.05, 4.69) is 0 Å². The second kappa shape index (κ2) is 8.35. The summed E-state index contributed by atoms with van der Waals surface area (Å²) in [5, 5.41) is 45.0. The van der Waals surface area contributed by atoms with Crippen LogP contribution in [0.4, 0.5) is 0 Å². The van der Waals surface area contributed by atoms with E-state index in [0.29, 0.717) is 33.2 Å². The van der Waals surface area contributed by atoms with Crippen LogP contribution >= 0.6 is 0 Å².